The minimum absolute atomic E-state index is 0.0363. The van der Waals surface area contributed by atoms with Crippen LogP contribution < -0.4 is 0 Å². The van der Waals surface area contributed by atoms with Gasteiger partial charge in [0.15, 0.2) is 9.84 Å². The van der Waals surface area contributed by atoms with Gasteiger partial charge in [0.2, 0.25) is 5.91 Å². The fraction of sp³-hybridized carbons (Fsp3) is 0.316. The van der Waals surface area contributed by atoms with E-state index in [9.17, 15) is 13.2 Å². The maximum absolute atomic E-state index is 12.5. The zero-order valence-corrected chi connectivity index (χ0v) is 15.3. The minimum atomic E-state index is -3.31. The second-order valence-electron chi connectivity index (χ2n) is 6.77. The lowest BCUT2D eigenvalue weighted by molar-refractivity contribution is -0.133. The smallest absolute Gasteiger partial charge is 0.227 e. The van der Waals surface area contributed by atoms with Crippen molar-refractivity contribution in [1.29, 1.82) is 0 Å². The van der Waals surface area contributed by atoms with Crippen LogP contribution in [0.2, 0.25) is 0 Å². The van der Waals surface area contributed by atoms with E-state index in [4.69, 9.17) is 4.42 Å². The number of aromatic nitrogens is 1. The molecular formula is C19H20N2O4S. The number of hydrogen-bond acceptors (Lipinski definition) is 4. The second kappa shape index (κ2) is 6.32. The molecule has 1 saturated heterocycles. The highest BCUT2D eigenvalue weighted by atomic mass is 32.2. The van der Waals surface area contributed by atoms with Crippen LogP contribution in [0.3, 0.4) is 0 Å². The first-order chi connectivity index (χ1) is 12.4. The maximum atomic E-state index is 12.5. The van der Waals surface area contributed by atoms with E-state index >= 15 is 0 Å². The molecule has 0 radical (unpaired) electrons. The molecule has 2 aromatic heterocycles. The summed E-state index contributed by atoms with van der Waals surface area (Å²) in [7, 11) is -1.35. The van der Waals surface area contributed by atoms with Gasteiger partial charge < -0.3 is 13.9 Å². The summed E-state index contributed by atoms with van der Waals surface area (Å²) in [5, 5.41) is 0.551. The van der Waals surface area contributed by atoms with Crippen molar-refractivity contribution in [3.05, 3.63) is 60.2 Å². The maximum Gasteiger partial charge on any atom is 0.227 e. The van der Waals surface area contributed by atoms with E-state index in [-0.39, 0.29) is 31.2 Å². The Kier molecular flexibility index (Phi) is 4.11. The van der Waals surface area contributed by atoms with Crippen LogP contribution in [0.5, 0.6) is 0 Å². The highest BCUT2D eigenvalue weighted by Crippen LogP contribution is 2.24. The molecule has 26 heavy (non-hydrogen) atoms. The second-order valence-corrected chi connectivity index (χ2v) is 9.05. The lowest BCUT2D eigenvalue weighted by atomic mass is 10.1. The lowest BCUT2D eigenvalue weighted by Crippen LogP contribution is -2.57. The van der Waals surface area contributed by atoms with E-state index < -0.39 is 15.1 Å². The van der Waals surface area contributed by atoms with Gasteiger partial charge in [0.05, 0.1) is 17.9 Å². The Bertz CT molecular complexity index is 1040. The standard InChI is InChI=1S/C19H20N2O4S/c1-20-10-14(17-6-2-3-7-18(17)20)9-19(22)21-11-16(12-21)26(23,24)13-15-5-4-8-25-15/h2-8,10,16H,9,11-13H2,1H3. The van der Waals surface area contributed by atoms with E-state index in [0.717, 1.165) is 16.5 Å². The summed E-state index contributed by atoms with van der Waals surface area (Å²) in [6.07, 6.45) is 3.71. The summed E-state index contributed by atoms with van der Waals surface area (Å²) >= 11 is 0. The van der Waals surface area contributed by atoms with Crippen molar-refractivity contribution in [2.75, 3.05) is 13.1 Å². The number of benzene rings is 1. The van der Waals surface area contributed by atoms with Crippen molar-refractivity contribution in [2.24, 2.45) is 7.05 Å². The Morgan fingerprint density at radius 1 is 1.19 bits per heavy atom. The largest absolute Gasteiger partial charge is 0.468 e. The highest BCUT2D eigenvalue weighted by molar-refractivity contribution is 7.91. The quantitative estimate of drug-likeness (QED) is 0.688. The summed E-state index contributed by atoms with van der Waals surface area (Å²) in [6.45, 7) is 0.513. The first-order valence-electron chi connectivity index (χ1n) is 8.49. The average Bonchev–Trinajstić information content (AvgIpc) is 3.14. The molecule has 7 heteroatoms. The van der Waals surface area contributed by atoms with Crippen LogP contribution in [0, 0.1) is 0 Å². The number of aryl methyl sites for hydroxylation is 1. The highest BCUT2D eigenvalue weighted by Gasteiger charge is 2.39. The summed E-state index contributed by atoms with van der Waals surface area (Å²) in [5.74, 6) is 0.284. The molecule has 0 bridgehead atoms. The molecule has 1 aliphatic rings. The van der Waals surface area contributed by atoms with Crippen molar-refractivity contribution in [1.82, 2.24) is 9.47 Å². The monoisotopic (exact) mass is 372 g/mol. The molecule has 1 fully saturated rings. The Hall–Kier alpha value is -2.54. The third kappa shape index (κ3) is 3.03. The van der Waals surface area contributed by atoms with Gasteiger partial charge in [-0.15, -0.1) is 0 Å². The first-order valence-corrected chi connectivity index (χ1v) is 10.2. The topological polar surface area (TPSA) is 72.5 Å². The number of hydrogen-bond donors (Lipinski definition) is 0. The van der Waals surface area contributed by atoms with Crippen LogP contribution in [0.4, 0.5) is 0 Å². The number of nitrogens with zero attached hydrogens (tertiary/aromatic N) is 2. The fourth-order valence-electron chi connectivity index (χ4n) is 3.42. The number of likely N-dealkylation sites (tertiary alicyclic amines) is 1. The Morgan fingerprint density at radius 2 is 1.96 bits per heavy atom. The van der Waals surface area contributed by atoms with Crippen molar-refractivity contribution < 1.29 is 17.6 Å². The number of rotatable bonds is 5. The van der Waals surface area contributed by atoms with Gasteiger partial charge in [0.1, 0.15) is 11.5 Å². The minimum Gasteiger partial charge on any atom is -0.468 e. The third-order valence-electron chi connectivity index (χ3n) is 4.95. The van der Waals surface area contributed by atoms with E-state index in [1.54, 1.807) is 17.0 Å². The molecular weight excluding hydrogens is 352 g/mol. The first kappa shape index (κ1) is 16.9. The van der Waals surface area contributed by atoms with Crippen LogP contribution in [0.1, 0.15) is 11.3 Å². The van der Waals surface area contributed by atoms with Gasteiger partial charge in [0.25, 0.3) is 0 Å². The molecule has 136 valence electrons. The van der Waals surface area contributed by atoms with Crippen molar-refractivity contribution in [3.63, 3.8) is 0 Å². The lowest BCUT2D eigenvalue weighted by Gasteiger charge is -2.38. The molecule has 1 aliphatic heterocycles. The molecule has 0 spiro atoms. The molecule has 0 atom stereocenters. The normalized spacial score (nSPS) is 15.3. The van der Waals surface area contributed by atoms with E-state index in [0.29, 0.717) is 5.76 Å². The molecule has 3 heterocycles. The Balaban J connectivity index is 1.40. The molecule has 6 nitrogen and oxygen atoms in total. The number of para-hydroxylation sites is 1. The number of carbonyl (C=O) groups is 1. The SMILES string of the molecule is Cn1cc(CC(=O)N2CC(S(=O)(=O)Cc3ccco3)C2)c2ccccc21. The van der Waals surface area contributed by atoms with Crippen LogP contribution in [0.15, 0.2) is 53.3 Å². The molecule has 0 aliphatic carbocycles. The van der Waals surface area contributed by atoms with Crippen LogP contribution in [0.25, 0.3) is 10.9 Å². The summed E-state index contributed by atoms with van der Waals surface area (Å²) < 4.78 is 31.9. The molecule has 3 aromatic rings. The van der Waals surface area contributed by atoms with E-state index in [1.807, 2.05) is 42.1 Å². The van der Waals surface area contributed by atoms with Gasteiger partial charge in [-0.2, -0.15) is 0 Å². The molecule has 4 rings (SSSR count). The number of sulfone groups is 1. The van der Waals surface area contributed by atoms with Crippen LogP contribution in [-0.4, -0.2) is 42.1 Å². The molecule has 0 N–H and O–H groups in total. The van der Waals surface area contributed by atoms with Crippen LogP contribution >= 0.6 is 0 Å². The van der Waals surface area contributed by atoms with Gasteiger partial charge in [-0.25, -0.2) is 8.42 Å². The number of fused-ring (bicyclic) bond motifs is 1. The molecule has 0 unspecified atom stereocenters. The molecule has 1 aromatic carbocycles. The van der Waals surface area contributed by atoms with Crippen molar-refractivity contribution in [3.8, 4) is 0 Å². The van der Waals surface area contributed by atoms with Gasteiger partial charge in [-0.1, -0.05) is 18.2 Å². The summed E-state index contributed by atoms with van der Waals surface area (Å²) in [6, 6.07) is 11.3. The van der Waals surface area contributed by atoms with Crippen LogP contribution in [-0.2, 0) is 33.9 Å². The number of amides is 1. The zero-order valence-electron chi connectivity index (χ0n) is 14.5. The average molecular weight is 372 g/mol. The number of furan rings is 1. The van der Waals surface area contributed by atoms with E-state index in [1.165, 1.54) is 6.26 Å². The van der Waals surface area contributed by atoms with Gasteiger partial charge in [-0.3, -0.25) is 4.79 Å². The third-order valence-corrected chi connectivity index (χ3v) is 6.95. The van der Waals surface area contributed by atoms with Crippen molar-refractivity contribution in [2.45, 2.75) is 17.4 Å². The van der Waals surface area contributed by atoms with Crippen molar-refractivity contribution >= 4 is 26.6 Å². The van der Waals surface area contributed by atoms with E-state index in [2.05, 4.69) is 0 Å². The Morgan fingerprint density at radius 3 is 2.69 bits per heavy atom. The molecule has 1 amide bonds. The summed E-state index contributed by atoms with van der Waals surface area (Å²) in [5.41, 5.74) is 2.05. The Labute approximate surface area is 151 Å². The van der Waals surface area contributed by atoms with Gasteiger partial charge >= 0.3 is 0 Å². The molecule has 0 saturated carbocycles. The van der Waals surface area contributed by atoms with Gasteiger partial charge in [-0.05, 0) is 23.8 Å². The number of carbonyl (C=O) groups excluding carboxylic acids is 1. The summed E-state index contributed by atoms with van der Waals surface area (Å²) in [4.78, 5) is 14.2. The zero-order chi connectivity index (χ0) is 18.3. The fourth-order valence-corrected chi connectivity index (χ4v) is 5.03. The predicted molar refractivity (Wildman–Crippen MR) is 98.3 cm³/mol. The predicted octanol–water partition coefficient (Wildman–Crippen LogP) is 2.14. The van der Waals surface area contributed by atoms with Gasteiger partial charge in [0, 0.05) is 37.2 Å².